The van der Waals surface area contributed by atoms with Gasteiger partial charge in [-0.15, -0.1) is 23.1 Å². The van der Waals surface area contributed by atoms with E-state index in [0.717, 1.165) is 11.3 Å². The van der Waals surface area contributed by atoms with Crippen LogP contribution in [-0.2, 0) is 0 Å². The molecule has 2 heterocycles. The molecule has 0 radical (unpaired) electrons. The van der Waals surface area contributed by atoms with Crippen LogP contribution < -0.4 is 0 Å². The largest absolute Gasteiger partial charge is 0.293 e. The standard InChI is InChI=1S/C12H16OS3/c1-7-4-10(5-14-7)12(13)11-6-15-8(2)9(3)16-11/h4-5,8-9,11H,6H2,1-3H3. The minimum Gasteiger partial charge on any atom is -0.293 e. The van der Waals surface area contributed by atoms with Gasteiger partial charge in [0, 0.05) is 32.1 Å². The second kappa shape index (κ2) is 5.15. The van der Waals surface area contributed by atoms with Crippen molar-refractivity contribution >= 4 is 40.6 Å². The van der Waals surface area contributed by atoms with Gasteiger partial charge in [-0.2, -0.15) is 11.8 Å². The Morgan fingerprint density at radius 3 is 2.69 bits per heavy atom. The number of thioether (sulfide) groups is 2. The number of hydrogen-bond donors (Lipinski definition) is 0. The second-order valence-electron chi connectivity index (χ2n) is 4.18. The lowest BCUT2D eigenvalue weighted by atomic mass is 10.1. The first-order chi connectivity index (χ1) is 7.58. The van der Waals surface area contributed by atoms with Gasteiger partial charge in [0.1, 0.15) is 0 Å². The molecule has 1 nitrogen and oxygen atoms in total. The van der Waals surface area contributed by atoms with Crippen LogP contribution in [0.15, 0.2) is 11.4 Å². The third kappa shape index (κ3) is 2.66. The highest BCUT2D eigenvalue weighted by molar-refractivity contribution is 8.08. The first-order valence-corrected chi connectivity index (χ1v) is 8.31. The molecule has 88 valence electrons. The van der Waals surface area contributed by atoms with E-state index in [1.165, 1.54) is 4.88 Å². The Morgan fingerprint density at radius 2 is 2.12 bits per heavy atom. The van der Waals surface area contributed by atoms with Gasteiger partial charge in [-0.1, -0.05) is 13.8 Å². The molecule has 0 aliphatic carbocycles. The quantitative estimate of drug-likeness (QED) is 0.761. The molecule has 16 heavy (non-hydrogen) atoms. The van der Waals surface area contributed by atoms with Crippen LogP contribution in [0.4, 0.5) is 0 Å². The zero-order chi connectivity index (χ0) is 11.7. The highest BCUT2D eigenvalue weighted by atomic mass is 32.2. The molecule has 0 N–H and O–H groups in total. The summed E-state index contributed by atoms with van der Waals surface area (Å²) in [5, 5.41) is 3.39. The maximum Gasteiger partial charge on any atom is 0.177 e. The summed E-state index contributed by atoms with van der Waals surface area (Å²) >= 11 is 5.43. The molecule has 1 aliphatic heterocycles. The number of hydrogen-bond acceptors (Lipinski definition) is 4. The van der Waals surface area contributed by atoms with Crippen molar-refractivity contribution in [3.05, 3.63) is 21.9 Å². The van der Waals surface area contributed by atoms with Crippen LogP contribution >= 0.6 is 34.9 Å². The van der Waals surface area contributed by atoms with E-state index in [-0.39, 0.29) is 5.25 Å². The fourth-order valence-electron chi connectivity index (χ4n) is 1.68. The molecule has 1 fully saturated rings. The fraction of sp³-hybridized carbons (Fsp3) is 0.583. The molecule has 0 aromatic carbocycles. The highest BCUT2D eigenvalue weighted by Crippen LogP contribution is 2.37. The third-order valence-electron chi connectivity index (χ3n) is 2.86. The summed E-state index contributed by atoms with van der Waals surface area (Å²) in [7, 11) is 0. The van der Waals surface area contributed by atoms with Crippen molar-refractivity contribution in [3.63, 3.8) is 0 Å². The molecule has 4 heteroatoms. The number of ketones is 1. The third-order valence-corrected chi connectivity index (χ3v) is 7.11. The van der Waals surface area contributed by atoms with Crippen molar-refractivity contribution in [1.82, 2.24) is 0 Å². The van der Waals surface area contributed by atoms with E-state index in [2.05, 4.69) is 20.8 Å². The number of Topliss-reactive ketones (excluding diaryl/α,β-unsaturated/α-hetero) is 1. The zero-order valence-corrected chi connectivity index (χ0v) is 12.2. The van der Waals surface area contributed by atoms with Crippen LogP contribution in [0.5, 0.6) is 0 Å². The Kier molecular flexibility index (Phi) is 4.03. The zero-order valence-electron chi connectivity index (χ0n) is 9.73. The summed E-state index contributed by atoms with van der Waals surface area (Å²) in [6.45, 7) is 6.52. The number of carbonyl (C=O) groups excluding carboxylic acids is 1. The van der Waals surface area contributed by atoms with Crippen molar-refractivity contribution in [2.24, 2.45) is 0 Å². The fourth-order valence-corrected chi connectivity index (χ4v) is 5.25. The summed E-state index contributed by atoms with van der Waals surface area (Å²) in [4.78, 5) is 13.5. The van der Waals surface area contributed by atoms with Crippen LogP contribution in [0.2, 0.25) is 0 Å². The topological polar surface area (TPSA) is 17.1 Å². The average molecular weight is 272 g/mol. The lowest BCUT2D eigenvalue weighted by Crippen LogP contribution is -2.31. The van der Waals surface area contributed by atoms with Crippen LogP contribution in [0.25, 0.3) is 0 Å². The van der Waals surface area contributed by atoms with Crippen molar-refractivity contribution in [1.29, 1.82) is 0 Å². The Balaban J connectivity index is 2.06. The molecule has 3 atom stereocenters. The molecule has 1 aliphatic rings. The van der Waals surface area contributed by atoms with E-state index in [4.69, 9.17) is 0 Å². The van der Waals surface area contributed by atoms with Crippen molar-refractivity contribution in [2.75, 3.05) is 5.75 Å². The number of thiophene rings is 1. The van der Waals surface area contributed by atoms with Gasteiger partial charge in [-0.3, -0.25) is 4.79 Å². The molecule has 3 unspecified atom stereocenters. The maximum absolute atomic E-state index is 12.2. The molecule has 0 amide bonds. The highest BCUT2D eigenvalue weighted by Gasteiger charge is 2.30. The van der Waals surface area contributed by atoms with E-state index in [1.807, 2.05) is 35.0 Å². The molecular formula is C12H16OS3. The smallest absolute Gasteiger partial charge is 0.177 e. The first-order valence-electron chi connectivity index (χ1n) is 5.44. The predicted octanol–water partition coefficient (Wildman–Crippen LogP) is 3.86. The monoisotopic (exact) mass is 272 g/mol. The van der Waals surface area contributed by atoms with Gasteiger partial charge in [0.15, 0.2) is 5.78 Å². The van der Waals surface area contributed by atoms with Gasteiger partial charge in [0.25, 0.3) is 0 Å². The van der Waals surface area contributed by atoms with E-state index < -0.39 is 0 Å². The molecular weight excluding hydrogens is 256 g/mol. The lowest BCUT2D eigenvalue weighted by Gasteiger charge is -2.30. The van der Waals surface area contributed by atoms with E-state index in [9.17, 15) is 4.79 Å². The Labute approximate surface area is 109 Å². The number of carbonyl (C=O) groups is 1. The van der Waals surface area contributed by atoms with Crippen LogP contribution in [-0.4, -0.2) is 27.3 Å². The minimum atomic E-state index is 0.158. The SMILES string of the molecule is Cc1cc(C(=O)C2CSC(C)C(C)S2)cs1. The lowest BCUT2D eigenvalue weighted by molar-refractivity contribution is 0.0995. The molecule has 0 bridgehead atoms. The summed E-state index contributed by atoms with van der Waals surface area (Å²) in [5.74, 6) is 1.28. The summed E-state index contributed by atoms with van der Waals surface area (Å²) in [5.41, 5.74) is 0.905. The molecule has 1 aromatic rings. The van der Waals surface area contributed by atoms with Crippen molar-refractivity contribution in [3.8, 4) is 0 Å². The van der Waals surface area contributed by atoms with Gasteiger partial charge in [0.2, 0.25) is 0 Å². The van der Waals surface area contributed by atoms with Crippen molar-refractivity contribution < 1.29 is 4.79 Å². The van der Waals surface area contributed by atoms with Gasteiger partial charge in [-0.05, 0) is 13.0 Å². The number of aryl methyl sites for hydroxylation is 1. The molecule has 1 aromatic heterocycles. The maximum atomic E-state index is 12.2. The van der Waals surface area contributed by atoms with E-state index in [1.54, 1.807) is 11.3 Å². The Bertz CT molecular complexity index is 385. The van der Waals surface area contributed by atoms with Crippen LogP contribution in [0.1, 0.15) is 29.1 Å². The molecule has 1 saturated heterocycles. The van der Waals surface area contributed by atoms with Gasteiger partial charge >= 0.3 is 0 Å². The van der Waals surface area contributed by atoms with Crippen LogP contribution in [0, 0.1) is 6.92 Å². The molecule has 0 spiro atoms. The van der Waals surface area contributed by atoms with Crippen LogP contribution in [0.3, 0.4) is 0 Å². The van der Waals surface area contributed by atoms with E-state index >= 15 is 0 Å². The Hall–Kier alpha value is 0.0700. The molecule has 0 saturated carbocycles. The average Bonchev–Trinajstić information content (AvgIpc) is 2.68. The minimum absolute atomic E-state index is 0.158. The molecule has 2 rings (SSSR count). The second-order valence-corrected chi connectivity index (χ2v) is 8.29. The number of rotatable bonds is 2. The van der Waals surface area contributed by atoms with E-state index in [0.29, 0.717) is 16.3 Å². The summed E-state index contributed by atoms with van der Waals surface area (Å²) < 4.78 is 0. The van der Waals surface area contributed by atoms with Crippen molar-refractivity contribution in [2.45, 2.75) is 36.5 Å². The van der Waals surface area contributed by atoms with Gasteiger partial charge in [-0.25, -0.2) is 0 Å². The normalized spacial score (nSPS) is 30.3. The van der Waals surface area contributed by atoms with Gasteiger partial charge in [0.05, 0.1) is 5.25 Å². The first kappa shape index (κ1) is 12.5. The summed E-state index contributed by atoms with van der Waals surface area (Å²) in [6, 6.07) is 2.01. The Morgan fingerprint density at radius 1 is 1.38 bits per heavy atom. The predicted molar refractivity (Wildman–Crippen MR) is 76.1 cm³/mol. The van der Waals surface area contributed by atoms with Gasteiger partial charge < -0.3 is 0 Å². The summed E-state index contributed by atoms with van der Waals surface area (Å²) in [6.07, 6.45) is 0.